The van der Waals surface area contributed by atoms with Gasteiger partial charge in [0.1, 0.15) is 5.75 Å². The van der Waals surface area contributed by atoms with Crippen molar-refractivity contribution >= 4 is 5.97 Å². The molecule has 2 fully saturated rings. The minimum Gasteiger partial charge on any atom is -0.507 e. The van der Waals surface area contributed by atoms with Crippen LogP contribution in [0, 0.1) is 0 Å². The summed E-state index contributed by atoms with van der Waals surface area (Å²) in [5, 5.41) is 10.9. The van der Waals surface area contributed by atoms with Crippen molar-refractivity contribution in [2.24, 2.45) is 0 Å². The molecule has 1 N–H and O–H groups in total. The number of nitrogens with zero attached hydrogens (tertiary/aromatic N) is 1. The Morgan fingerprint density at radius 3 is 2.03 bits per heavy atom. The number of phenolic OH excluding ortho intramolecular Hbond substituents is 1. The second-order valence-electron chi connectivity index (χ2n) is 11.5. The molecule has 1 aromatic rings. The maximum Gasteiger partial charge on any atom is 0.307 e. The number of phenols is 1. The van der Waals surface area contributed by atoms with Crippen LogP contribution in [0.3, 0.4) is 0 Å². The lowest BCUT2D eigenvalue weighted by Gasteiger charge is -2.52. The Balaban J connectivity index is 1.76. The third-order valence-corrected chi connectivity index (χ3v) is 7.11. The first-order valence-corrected chi connectivity index (χ1v) is 11.7. The van der Waals surface area contributed by atoms with Crippen molar-refractivity contribution in [3.8, 4) is 5.75 Å². The Bertz CT molecular complexity index is 739. The van der Waals surface area contributed by atoms with Gasteiger partial charge >= 0.3 is 5.97 Å². The highest BCUT2D eigenvalue weighted by molar-refractivity contribution is 5.70. The molecular formula is C26H41NO3. The number of hydrogen-bond donors (Lipinski definition) is 1. The summed E-state index contributed by atoms with van der Waals surface area (Å²) in [6, 6.07) is 4.69. The smallest absolute Gasteiger partial charge is 0.307 e. The van der Waals surface area contributed by atoms with E-state index in [2.05, 4.69) is 65.6 Å². The molecule has 0 amide bonds. The third kappa shape index (κ3) is 4.69. The van der Waals surface area contributed by atoms with Crippen molar-refractivity contribution in [2.75, 3.05) is 7.05 Å². The van der Waals surface area contributed by atoms with Gasteiger partial charge < -0.3 is 9.84 Å². The fourth-order valence-corrected chi connectivity index (χ4v) is 5.24. The minimum atomic E-state index is -0.389. The zero-order valence-electron chi connectivity index (χ0n) is 20.1. The van der Waals surface area contributed by atoms with Gasteiger partial charge in [0.05, 0.1) is 0 Å². The normalized spacial score (nSPS) is 25.2. The van der Waals surface area contributed by atoms with E-state index in [0.717, 1.165) is 42.4 Å². The van der Waals surface area contributed by atoms with Gasteiger partial charge in [-0.05, 0) is 66.7 Å². The molecular weight excluding hydrogens is 374 g/mol. The Kier molecular flexibility index (Phi) is 6.30. The van der Waals surface area contributed by atoms with Crippen LogP contribution in [0.1, 0.15) is 103 Å². The number of carbonyl (C=O) groups is 1. The van der Waals surface area contributed by atoms with Crippen LogP contribution >= 0.6 is 0 Å². The van der Waals surface area contributed by atoms with E-state index in [4.69, 9.17) is 4.74 Å². The van der Waals surface area contributed by atoms with Crippen molar-refractivity contribution in [2.45, 2.75) is 116 Å². The molecule has 2 aliphatic heterocycles. The number of fused-ring (bicyclic) bond motifs is 2. The number of benzene rings is 1. The third-order valence-electron chi connectivity index (χ3n) is 7.11. The molecule has 1 aromatic carbocycles. The molecule has 2 saturated heterocycles. The molecule has 0 aromatic heterocycles. The molecule has 0 unspecified atom stereocenters. The largest absolute Gasteiger partial charge is 0.507 e. The number of esters is 1. The molecule has 3 rings (SSSR count). The number of ether oxygens (including phenoxy) is 1. The summed E-state index contributed by atoms with van der Waals surface area (Å²) in [5.74, 6) is 0.282. The van der Waals surface area contributed by atoms with Crippen LogP contribution in [-0.2, 0) is 26.8 Å². The number of piperidine rings is 2. The lowest BCUT2D eigenvalue weighted by Crippen LogP contribution is -2.59. The second-order valence-corrected chi connectivity index (χ2v) is 11.5. The molecule has 30 heavy (non-hydrogen) atoms. The van der Waals surface area contributed by atoms with Gasteiger partial charge in [0.15, 0.2) is 5.72 Å². The number of aromatic hydroxyl groups is 1. The minimum absolute atomic E-state index is 0.105. The Hall–Kier alpha value is -1.55. The first-order valence-electron chi connectivity index (χ1n) is 11.7. The fraction of sp³-hybridized carbons (Fsp3) is 0.731. The van der Waals surface area contributed by atoms with Gasteiger partial charge in [-0.15, -0.1) is 0 Å². The van der Waals surface area contributed by atoms with Crippen molar-refractivity contribution in [1.82, 2.24) is 4.90 Å². The topological polar surface area (TPSA) is 49.8 Å². The molecule has 0 aliphatic carbocycles. The summed E-state index contributed by atoms with van der Waals surface area (Å²) in [5.41, 5.74) is 2.26. The van der Waals surface area contributed by atoms with Crippen molar-refractivity contribution in [3.05, 3.63) is 28.8 Å². The summed E-state index contributed by atoms with van der Waals surface area (Å²) in [6.45, 7) is 12.7. The monoisotopic (exact) mass is 415 g/mol. The lowest BCUT2D eigenvalue weighted by molar-refractivity contribution is -0.210. The van der Waals surface area contributed by atoms with Gasteiger partial charge in [-0.25, -0.2) is 0 Å². The predicted octanol–water partition coefficient (Wildman–Crippen LogP) is 5.83. The lowest BCUT2D eigenvalue weighted by atomic mass is 9.78. The molecule has 0 atom stereocenters. The van der Waals surface area contributed by atoms with E-state index < -0.39 is 0 Å². The molecule has 2 heterocycles. The number of rotatable bonds is 4. The van der Waals surface area contributed by atoms with E-state index in [1.54, 1.807) is 0 Å². The van der Waals surface area contributed by atoms with E-state index in [1.807, 2.05) is 0 Å². The van der Waals surface area contributed by atoms with Gasteiger partial charge in [-0.1, -0.05) is 53.7 Å². The number of aryl methyl sites for hydroxylation is 1. The standard InChI is InChI=1S/C26H41NO3/c1-24(2,3)20-16-18(17-21(23(20)29)25(4,5)6)12-13-22(28)30-26-14-8-10-19(27(26)7)11-9-15-26/h16-17,19,29H,8-15H2,1-7H3. The SMILES string of the molecule is CN1C2CCCC1(OC(=O)CCc1cc(C(C)(C)C)c(O)c(C(C)(C)C)c1)CCC2. The summed E-state index contributed by atoms with van der Waals surface area (Å²) in [6.07, 6.45) is 7.63. The summed E-state index contributed by atoms with van der Waals surface area (Å²) in [4.78, 5) is 15.2. The van der Waals surface area contributed by atoms with Gasteiger partial charge in [0, 0.05) is 25.3 Å². The van der Waals surface area contributed by atoms with Gasteiger partial charge in [0.25, 0.3) is 0 Å². The molecule has 4 heteroatoms. The van der Waals surface area contributed by atoms with Crippen LogP contribution in [-0.4, -0.2) is 34.8 Å². The van der Waals surface area contributed by atoms with Crippen LogP contribution in [0.5, 0.6) is 5.75 Å². The molecule has 2 aliphatic rings. The van der Waals surface area contributed by atoms with Crippen molar-refractivity contribution < 1.29 is 14.6 Å². The van der Waals surface area contributed by atoms with E-state index in [9.17, 15) is 9.90 Å². The Morgan fingerprint density at radius 2 is 1.57 bits per heavy atom. The molecule has 2 bridgehead atoms. The first-order chi connectivity index (χ1) is 13.8. The van der Waals surface area contributed by atoms with Crippen LogP contribution < -0.4 is 0 Å². The van der Waals surface area contributed by atoms with Crippen LogP contribution in [0.2, 0.25) is 0 Å². The Labute approximate surface area is 183 Å². The maximum atomic E-state index is 12.9. The van der Waals surface area contributed by atoms with E-state index in [1.165, 1.54) is 12.8 Å². The maximum absolute atomic E-state index is 12.9. The molecule has 0 radical (unpaired) electrons. The summed E-state index contributed by atoms with van der Waals surface area (Å²) >= 11 is 0. The second kappa shape index (κ2) is 8.18. The number of carbonyl (C=O) groups excluding carboxylic acids is 1. The van der Waals surface area contributed by atoms with Crippen molar-refractivity contribution in [1.29, 1.82) is 0 Å². The average Bonchev–Trinajstić information content (AvgIpc) is 2.60. The van der Waals surface area contributed by atoms with E-state index in [-0.39, 0.29) is 22.5 Å². The van der Waals surface area contributed by atoms with E-state index >= 15 is 0 Å². The van der Waals surface area contributed by atoms with Gasteiger partial charge in [-0.3, -0.25) is 9.69 Å². The zero-order chi connectivity index (χ0) is 22.3. The molecule has 168 valence electrons. The first kappa shape index (κ1) is 23.1. The van der Waals surface area contributed by atoms with Crippen LogP contribution in [0.25, 0.3) is 0 Å². The average molecular weight is 416 g/mol. The van der Waals surface area contributed by atoms with E-state index in [0.29, 0.717) is 24.6 Å². The highest BCUT2D eigenvalue weighted by Crippen LogP contribution is 2.42. The summed E-state index contributed by atoms with van der Waals surface area (Å²) in [7, 11) is 2.13. The van der Waals surface area contributed by atoms with Gasteiger partial charge in [-0.2, -0.15) is 0 Å². The van der Waals surface area contributed by atoms with Gasteiger partial charge in [0.2, 0.25) is 0 Å². The highest BCUT2D eigenvalue weighted by Gasteiger charge is 2.46. The quantitative estimate of drug-likeness (QED) is 0.629. The summed E-state index contributed by atoms with van der Waals surface area (Å²) < 4.78 is 6.14. The molecule has 4 nitrogen and oxygen atoms in total. The predicted molar refractivity (Wildman–Crippen MR) is 122 cm³/mol. The molecule has 0 saturated carbocycles. The molecule has 0 spiro atoms. The van der Waals surface area contributed by atoms with Crippen LogP contribution in [0.15, 0.2) is 12.1 Å². The van der Waals surface area contributed by atoms with Crippen molar-refractivity contribution in [3.63, 3.8) is 0 Å². The number of hydrogen-bond acceptors (Lipinski definition) is 4. The Morgan fingerprint density at radius 1 is 1.07 bits per heavy atom. The fourth-order valence-electron chi connectivity index (χ4n) is 5.24. The van der Waals surface area contributed by atoms with Crippen LogP contribution in [0.4, 0.5) is 0 Å². The highest BCUT2D eigenvalue weighted by atomic mass is 16.6. The zero-order valence-corrected chi connectivity index (χ0v) is 20.1.